The maximum absolute atomic E-state index is 12.9. The number of nitrogen functional groups attached to an aromatic ring is 1. The smallest absolute Gasteiger partial charge is 0.338 e. The molecule has 1 amide bonds. The first-order valence-electron chi connectivity index (χ1n) is 8.80. The molecule has 0 aliphatic rings. The molecule has 0 bridgehead atoms. The number of amides is 1. The number of hydrogen-bond donors (Lipinski definition) is 2. The van der Waals surface area contributed by atoms with Crippen LogP contribution in [0.2, 0.25) is 0 Å². The van der Waals surface area contributed by atoms with E-state index in [0.29, 0.717) is 5.69 Å². The molecule has 0 heterocycles. The Hall–Kier alpha value is -3.87. The Labute approximate surface area is 167 Å². The largest absolute Gasteiger partial charge is 0.482 e. The number of carbonyl (C=O) groups excluding carboxylic acids is 2. The van der Waals surface area contributed by atoms with Crippen LogP contribution in [0.1, 0.15) is 15.9 Å². The minimum absolute atomic E-state index is 0.139. The van der Waals surface area contributed by atoms with Crippen molar-refractivity contribution in [1.29, 1.82) is 0 Å². The third-order valence-corrected chi connectivity index (χ3v) is 3.95. The van der Waals surface area contributed by atoms with Crippen LogP contribution in [0.4, 0.5) is 15.8 Å². The summed E-state index contributed by atoms with van der Waals surface area (Å²) in [6, 6.07) is 19.1. The van der Waals surface area contributed by atoms with Crippen molar-refractivity contribution >= 4 is 23.3 Å². The highest BCUT2D eigenvalue weighted by molar-refractivity contribution is 5.92. The minimum atomic E-state index is -0.533. The molecular weight excluding hydrogens is 375 g/mol. The van der Waals surface area contributed by atoms with Crippen molar-refractivity contribution in [3.8, 4) is 5.75 Å². The third-order valence-electron chi connectivity index (χ3n) is 3.95. The zero-order chi connectivity index (χ0) is 20.6. The summed E-state index contributed by atoms with van der Waals surface area (Å²) in [7, 11) is 0. The molecule has 0 atom stereocenters. The van der Waals surface area contributed by atoms with Crippen molar-refractivity contribution in [3.05, 3.63) is 89.7 Å². The average Bonchev–Trinajstić information content (AvgIpc) is 2.74. The monoisotopic (exact) mass is 394 g/mol. The second kappa shape index (κ2) is 9.36. The van der Waals surface area contributed by atoms with Gasteiger partial charge in [0, 0.05) is 5.69 Å². The van der Waals surface area contributed by atoms with E-state index in [1.165, 1.54) is 42.5 Å². The van der Waals surface area contributed by atoms with Gasteiger partial charge >= 0.3 is 5.97 Å². The lowest BCUT2D eigenvalue weighted by Gasteiger charge is -2.11. The number of hydrogen-bond acceptors (Lipinski definition) is 5. The van der Waals surface area contributed by atoms with Gasteiger partial charge in [0.15, 0.2) is 6.61 Å². The summed E-state index contributed by atoms with van der Waals surface area (Å²) < 4.78 is 23.6. The molecule has 0 aliphatic heterocycles. The summed E-state index contributed by atoms with van der Waals surface area (Å²) >= 11 is 0. The summed E-state index contributed by atoms with van der Waals surface area (Å²) in [6.45, 7) is -0.190. The first-order chi connectivity index (χ1) is 14.0. The number of anilines is 2. The zero-order valence-electron chi connectivity index (χ0n) is 15.4. The Morgan fingerprint density at radius 1 is 0.966 bits per heavy atom. The fourth-order valence-corrected chi connectivity index (χ4v) is 2.47. The molecule has 0 spiro atoms. The van der Waals surface area contributed by atoms with Crippen LogP contribution in [0.3, 0.4) is 0 Å². The number of esters is 1. The van der Waals surface area contributed by atoms with Crippen molar-refractivity contribution in [2.45, 2.75) is 6.61 Å². The van der Waals surface area contributed by atoms with Crippen molar-refractivity contribution in [2.75, 3.05) is 17.7 Å². The number of carbonyl (C=O) groups is 2. The molecule has 3 rings (SSSR count). The van der Waals surface area contributed by atoms with Gasteiger partial charge in [-0.25, -0.2) is 9.18 Å². The fourth-order valence-electron chi connectivity index (χ4n) is 2.47. The van der Waals surface area contributed by atoms with E-state index < -0.39 is 17.7 Å². The Kier molecular flexibility index (Phi) is 6.42. The van der Waals surface area contributed by atoms with Gasteiger partial charge < -0.3 is 20.5 Å². The molecule has 0 fully saturated rings. The minimum Gasteiger partial charge on any atom is -0.482 e. The number of halogens is 1. The summed E-state index contributed by atoms with van der Waals surface area (Å²) in [5.41, 5.74) is 7.69. The molecule has 0 aromatic heterocycles. The number of nitrogens with two attached hydrogens (primary N) is 1. The lowest BCUT2D eigenvalue weighted by molar-refractivity contribution is -0.118. The molecule has 6 nitrogen and oxygen atoms in total. The second-order valence-corrected chi connectivity index (χ2v) is 6.16. The zero-order valence-corrected chi connectivity index (χ0v) is 15.4. The summed E-state index contributed by atoms with van der Waals surface area (Å²) in [5.74, 6) is -1.20. The Morgan fingerprint density at radius 3 is 2.41 bits per heavy atom. The van der Waals surface area contributed by atoms with Gasteiger partial charge in [-0.3, -0.25) is 4.79 Å². The maximum Gasteiger partial charge on any atom is 0.338 e. The topological polar surface area (TPSA) is 90.7 Å². The Balaban J connectivity index is 1.57. The maximum atomic E-state index is 12.9. The van der Waals surface area contributed by atoms with Crippen molar-refractivity contribution in [1.82, 2.24) is 0 Å². The predicted octanol–water partition coefficient (Wildman–Crippen LogP) is 3.78. The van der Waals surface area contributed by atoms with Gasteiger partial charge in [-0.15, -0.1) is 0 Å². The Bertz CT molecular complexity index is 991. The highest BCUT2D eigenvalue weighted by Gasteiger charge is 2.12. The predicted molar refractivity (Wildman–Crippen MR) is 107 cm³/mol. The molecule has 3 aromatic carbocycles. The van der Waals surface area contributed by atoms with E-state index >= 15 is 0 Å². The molecule has 7 heteroatoms. The number of nitrogens with one attached hydrogen (secondary N) is 1. The molecular formula is C22H19FN2O4. The molecule has 148 valence electrons. The van der Waals surface area contributed by atoms with Crippen LogP contribution in [0.5, 0.6) is 5.75 Å². The van der Waals surface area contributed by atoms with Crippen molar-refractivity contribution in [3.63, 3.8) is 0 Å². The highest BCUT2D eigenvalue weighted by atomic mass is 19.1. The Morgan fingerprint density at radius 2 is 1.69 bits per heavy atom. The molecule has 0 radical (unpaired) electrons. The fraction of sp³-hybridized carbons (Fsp3) is 0.0909. The quantitative estimate of drug-likeness (QED) is 0.470. The molecule has 3 N–H and O–H groups in total. The van der Waals surface area contributed by atoms with E-state index in [9.17, 15) is 14.0 Å². The van der Waals surface area contributed by atoms with Crippen LogP contribution in [0, 0.1) is 5.82 Å². The van der Waals surface area contributed by atoms with E-state index in [0.717, 1.165) is 5.56 Å². The standard InChI is InChI=1S/C22H19FN2O4/c23-17-7-9-18(10-8-17)25-21(26)14-28-20-12-16(6-11-19(20)24)22(27)29-13-15-4-2-1-3-5-15/h1-12H,13-14,24H2,(H,25,26). The molecule has 3 aromatic rings. The average molecular weight is 394 g/mol. The van der Waals surface area contributed by atoms with Crippen LogP contribution >= 0.6 is 0 Å². The van der Waals surface area contributed by atoms with E-state index in [-0.39, 0.29) is 30.2 Å². The van der Waals surface area contributed by atoms with Gasteiger partial charge in [0.05, 0.1) is 11.3 Å². The van der Waals surface area contributed by atoms with Gasteiger partial charge in [0.1, 0.15) is 18.2 Å². The van der Waals surface area contributed by atoms with Gasteiger partial charge in [0.25, 0.3) is 5.91 Å². The molecule has 0 saturated carbocycles. The van der Waals surface area contributed by atoms with Crippen molar-refractivity contribution in [2.24, 2.45) is 0 Å². The third kappa shape index (κ3) is 5.80. The van der Waals surface area contributed by atoms with E-state index in [1.807, 2.05) is 30.3 Å². The van der Waals surface area contributed by atoms with Crippen LogP contribution in [-0.2, 0) is 16.1 Å². The van der Waals surface area contributed by atoms with Gasteiger partial charge in [0.2, 0.25) is 0 Å². The lowest BCUT2D eigenvalue weighted by atomic mass is 10.2. The summed E-state index contributed by atoms with van der Waals surface area (Å²) in [5, 5.41) is 2.57. The van der Waals surface area contributed by atoms with Gasteiger partial charge in [-0.2, -0.15) is 0 Å². The second-order valence-electron chi connectivity index (χ2n) is 6.16. The van der Waals surface area contributed by atoms with Crippen LogP contribution < -0.4 is 15.8 Å². The van der Waals surface area contributed by atoms with Crippen LogP contribution in [-0.4, -0.2) is 18.5 Å². The van der Waals surface area contributed by atoms with Crippen LogP contribution in [0.15, 0.2) is 72.8 Å². The van der Waals surface area contributed by atoms with E-state index in [1.54, 1.807) is 0 Å². The number of ether oxygens (including phenoxy) is 2. The summed E-state index contributed by atoms with van der Waals surface area (Å²) in [6.07, 6.45) is 0. The summed E-state index contributed by atoms with van der Waals surface area (Å²) in [4.78, 5) is 24.3. The molecule has 0 unspecified atom stereocenters. The van der Waals surface area contributed by atoms with Crippen LogP contribution in [0.25, 0.3) is 0 Å². The van der Waals surface area contributed by atoms with Gasteiger partial charge in [-0.1, -0.05) is 30.3 Å². The van der Waals surface area contributed by atoms with E-state index in [4.69, 9.17) is 15.2 Å². The first-order valence-corrected chi connectivity index (χ1v) is 8.80. The molecule has 29 heavy (non-hydrogen) atoms. The first kappa shape index (κ1) is 19.9. The van der Waals surface area contributed by atoms with E-state index in [2.05, 4.69) is 5.32 Å². The number of rotatable bonds is 7. The normalized spacial score (nSPS) is 10.2. The van der Waals surface area contributed by atoms with Gasteiger partial charge in [-0.05, 0) is 48.0 Å². The number of benzene rings is 3. The molecule has 0 aliphatic carbocycles. The highest BCUT2D eigenvalue weighted by Crippen LogP contribution is 2.23. The lowest BCUT2D eigenvalue weighted by Crippen LogP contribution is -2.20. The SMILES string of the molecule is Nc1ccc(C(=O)OCc2ccccc2)cc1OCC(=O)Nc1ccc(F)cc1. The molecule has 0 saturated heterocycles. The van der Waals surface area contributed by atoms with Crippen molar-refractivity contribution < 1.29 is 23.5 Å².